The minimum Gasteiger partial charge on any atom is -0.494 e. The fraction of sp³-hybridized carbons (Fsp3) is 0.167. The Labute approximate surface area is 124 Å². The van der Waals surface area contributed by atoms with Crippen molar-refractivity contribution in [2.45, 2.75) is 13.3 Å². The molecule has 3 nitrogen and oxygen atoms in total. The lowest BCUT2D eigenvalue weighted by Crippen LogP contribution is -1.94. The molecule has 0 fully saturated rings. The topological polar surface area (TPSA) is 46.5 Å². The Hall–Kier alpha value is -2.55. The summed E-state index contributed by atoms with van der Waals surface area (Å²) in [5, 5.41) is 8.66. The third kappa shape index (κ3) is 4.49. The van der Waals surface area contributed by atoms with Crippen LogP contribution in [0.1, 0.15) is 18.9 Å². The predicted octanol–water partition coefficient (Wildman–Crippen LogP) is 4.24. The molecule has 0 aliphatic heterocycles. The molecule has 21 heavy (non-hydrogen) atoms. The van der Waals surface area contributed by atoms with Gasteiger partial charge in [-0.1, -0.05) is 37.3 Å². The highest BCUT2D eigenvalue weighted by atomic mass is 16.5. The van der Waals surface area contributed by atoms with Gasteiger partial charge in [0.1, 0.15) is 5.75 Å². The molecule has 0 atom stereocenters. The van der Waals surface area contributed by atoms with Crippen molar-refractivity contribution in [2.24, 2.45) is 0 Å². The fourth-order valence-corrected chi connectivity index (χ4v) is 1.95. The quantitative estimate of drug-likeness (QED) is 0.806. The van der Waals surface area contributed by atoms with E-state index in [1.807, 2.05) is 48.5 Å². The van der Waals surface area contributed by atoms with Gasteiger partial charge in [-0.3, -0.25) is 0 Å². The summed E-state index contributed by atoms with van der Waals surface area (Å²) >= 11 is 0. The van der Waals surface area contributed by atoms with Gasteiger partial charge < -0.3 is 9.84 Å². The summed E-state index contributed by atoms with van der Waals surface area (Å²) in [6.07, 6.45) is 3.71. The maximum Gasteiger partial charge on any atom is 0.328 e. The van der Waals surface area contributed by atoms with Crippen LogP contribution in [0.2, 0.25) is 0 Å². The van der Waals surface area contributed by atoms with E-state index >= 15 is 0 Å². The molecule has 0 amide bonds. The average molecular weight is 282 g/mol. The Morgan fingerprint density at radius 3 is 2.57 bits per heavy atom. The SMILES string of the molecule is CCCOc1ccc(-c2cccc(C=CC(=O)O)c2)cc1. The van der Waals surface area contributed by atoms with Crippen molar-refractivity contribution in [3.8, 4) is 16.9 Å². The summed E-state index contributed by atoms with van der Waals surface area (Å²) in [7, 11) is 0. The van der Waals surface area contributed by atoms with Crippen LogP contribution in [-0.4, -0.2) is 17.7 Å². The molecule has 0 aliphatic carbocycles. The molecule has 1 N–H and O–H groups in total. The molecule has 2 aromatic rings. The number of carbonyl (C=O) groups is 1. The van der Waals surface area contributed by atoms with Crippen LogP contribution >= 0.6 is 0 Å². The van der Waals surface area contributed by atoms with Gasteiger partial charge >= 0.3 is 5.97 Å². The average Bonchev–Trinajstić information content (AvgIpc) is 2.52. The van der Waals surface area contributed by atoms with Gasteiger partial charge in [-0.25, -0.2) is 4.79 Å². The van der Waals surface area contributed by atoms with Crippen LogP contribution in [0.3, 0.4) is 0 Å². The molecule has 0 heterocycles. The lowest BCUT2D eigenvalue weighted by Gasteiger charge is -2.07. The van der Waals surface area contributed by atoms with E-state index in [1.54, 1.807) is 6.08 Å². The summed E-state index contributed by atoms with van der Waals surface area (Å²) < 4.78 is 5.56. The van der Waals surface area contributed by atoms with E-state index in [-0.39, 0.29) is 0 Å². The first kappa shape index (κ1) is 14.9. The number of carboxylic acid groups (broad SMARTS) is 1. The third-order valence-corrected chi connectivity index (χ3v) is 2.97. The summed E-state index contributed by atoms with van der Waals surface area (Å²) in [5.41, 5.74) is 2.98. The van der Waals surface area contributed by atoms with E-state index in [2.05, 4.69) is 6.92 Å². The molecule has 0 bridgehead atoms. The Bertz CT molecular complexity index is 627. The van der Waals surface area contributed by atoms with Gasteiger partial charge in [0.25, 0.3) is 0 Å². The van der Waals surface area contributed by atoms with Gasteiger partial charge in [-0.2, -0.15) is 0 Å². The normalized spacial score (nSPS) is 10.7. The van der Waals surface area contributed by atoms with Crippen molar-refractivity contribution >= 4 is 12.0 Å². The van der Waals surface area contributed by atoms with Crippen molar-refractivity contribution in [3.05, 3.63) is 60.2 Å². The Kier molecular flexibility index (Phi) is 5.16. The molecule has 0 radical (unpaired) electrons. The van der Waals surface area contributed by atoms with E-state index in [4.69, 9.17) is 9.84 Å². The standard InChI is InChI=1S/C18H18O3/c1-2-12-21-17-9-7-15(8-10-17)16-5-3-4-14(13-16)6-11-18(19)20/h3-11,13H,2,12H2,1H3,(H,19,20). The monoisotopic (exact) mass is 282 g/mol. The molecular weight excluding hydrogens is 264 g/mol. The van der Waals surface area contributed by atoms with Crippen molar-refractivity contribution in [3.63, 3.8) is 0 Å². The van der Waals surface area contributed by atoms with Gasteiger partial charge in [0.2, 0.25) is 0 Å². The highest BCUT2D eigenvalue weighted by Gasteiger charge is 2.00. The van der Waals surface area contributed by atoms with Gasteiger partial charge in [0.05, 0.1) is 6.61 Å². The lowest BCUT2D eigenvalue weighted by molar-refractivity contribution is -0.131. The Morgan fingerprint density at radius 2 is 1.90 bits per heavy atom. The van der Waals surface area contributed by atoms with Crippen LogP contribution in [0.15, 0.2) is 54.6 Å². The van der Waals surface area contributed by atoms with Crippen molar-refractivity contribution in [1.82, 2.24) is 0 Å². The van der Waals surface area contributed by atoms with E-state index in [9.17, 15) is 4.79 Å². The first-order valence-electron chi connectivity index (χ1n) is 6.93. The number of carboxylic acids is 1. The fourth-order valence-electron chi connectivity index (χ4n) is 1.95. The zero-order valence-corrected chi connectivity index (χ0v) is 12.0. The zero-order chi connectivity index (χ0) is 15.1. The van der Waals surface area contributed by atoms with Crippen LogP contribution in [0.25, 0.3) is 17.2 Å². The van der Waals surface area contributed by atoms with Gasteiger partial charge in [0, 0.05) is 6.08 Å². The molecule has 0 unspecified atom stereocenters. The van der Waals surface area contributed by atoms with Crippen LogP contribution in [0.5, 0.6) is 5.75 Å². The van der Waals surface area contributed by atoms with Crippen LogP contribution in [0, 0.1) is 0 Å². The molecule has 3 heteroatoms. The second kappa shape index (κ2) is 7.29. The zero-order valence-electron chi connectivity index (χ0n) is 12.0. The summed E-state index contributed by atoms with van der Waals surface area (Å²) in [6, 6.07) is 15.7. The number of hydrogen-bond donors (Lipinski definition) is 1. The molecule has 0 saturated heterocycles. The Balaban J connectivity index is 2.17. The summed E-state index contributed by atoms with van der Waals surface area (Å²) in [5.74, 6) is -0.0830. The molecule has 2 aromatic carbocycles. The minimum absolute atomic E-state index is 0.717. The second-order valence-corrected chi connectivity index (χ2v) is 4.67. The number of ether oxygens (including phenoxy) is 1. The third-order valence-electron chi connectivity index (χ3n) is 2.97. The van der Waals surface area contributed by atoms with Crippen LogP contribution in [-0.2, 0) is 4.79 Å². The summed E-state index contributed by atoms with van der Waals surface area (Å²) in [4.78, 5) is 10.6. The molecule has 0 aromatic heterocycles. The molecule has 0 saturated carbocycles. The van der Waals surface area contributed by atoms with E-state index in [1.165, 1.54) is 0 Å². The van der Waals surface area contributed by atoms with Crippen molar-refractivity contribution in [2.75, 3.05) is 6.61 Å². The van der Waals surface area contributed by atoms with Gasteiger partial charge in [0.15, 0.2) is 0 Å². The lowest BCUT2D eigenvalue weighted by atomic mass is 10.0. The van der Waals surface area contributed by atoms with E-state index < -0.39 is 5.97 Å². The molecule has 0 aliphatic rings. The summed E-state index contributed by atoms with van der Waals surface area (Å²) in [6.45, 7) is 2.79. The minimum atomic E-state index is -0.946. The highest BCUT2D eigenvalue weighted by Crippen LogP contribution is 2.23. The van der Waals surface area contributed by atoms with Gasteiger partial charge in [-0.15, -0.1) is 0 Å². The molecule has 2 rings (SSSR count). The van der Waals surface area contributed by atoms with Crippen LogP contribution in [0.4, 0.5) is 0 Å². The van der Waals surface area contributed by atoms with Crippen molar-refractivity contribution in [1.29, 1.82) is 0 Å². The first-order chi connectivity index (χ1) is 10.2. The van der Waals surface area contributed by atoms with E-state index in [0.29, 0.717) is 0 Å². The predicted molar refractivity (Wildman–Crippen MR) is 84.3 cm³/mol. The van der Waals surface area contributed by atoms with Crippen LogP contribution < -0.4 is 4.74 Å². The maximum atomic E-state index is 10.6. The molecular formula is C18H18O3. The number of hydrogen-bond acceptors (Lipinski definition) is 2. The van der Waals surface area contributed by atoms with E-state index in [0.717, 1.165) is 41.5 Å². The number of aliphatic carboxylic acids is 1. The Morgan fingerprint density at radius 1 is 1.14 bits per heavy atom. The first-order valence-corrected chi connectivity index (χ1v) is 6.93. The maximum absolute atomic E-state index is 10.6. The molecule has 108 valence electrons. The van der Waals surface area contributed by atoms with Gasteiger partial charge in [-0.05, 0) is 47.4 Å². The molecule has 0 spiro atoms. The number of rotatable bonds is 6. The number of benzene rings is 2. The van der Waals surface area contributed by atoms with Crippen molar-refractivity contribution < 1.29 is 14.6 Å². The second-order valence-electron chi connectivity index (χ2n) is 4.67. The smallest absolute Gasteiger partial charge is 0.328 e. The highest BCUT2D eigenvalue weighted by molar-refractivity contribution is 5.85. The largest absolute Gasteiger partial charge is 0.494 e.